The fourth-order valence-corrected chi connectivity index (χ4v) is 3.87. The summed E-state index contributed by atoms with van der Waals surface area (Å²) in [7, 11) is 2.07. The molecule has 160 valence electrons. The van der Waals surface area contributed by atoms with Crippen LogP contribution in [0, 0.1) is 12.3 Å². The predicted molar refractivity (Wildman–Crippen MR) is 122 cm³/mol. The maximum atomic E-state index is 4.92. The molecule has 30 heavy (non-hydrogen) atoms. The molecule has 1 aliphatic heterocycles. The van der Waals surface area contributed by atoms with Crippen LogP contribution in [0.2, 0.25) is 0 Å². The van der Waals surface area contributed by atoms with Crippen molar-refractivity contribution in [2.24, 2.45) is 5.41 Å². The van der Waals surface area contributed by atoms with Gasteiger partial charge in [-0.05, 0) is 49.8 Å². The van der Waals surface area contributed by atoms with Crippen LogP contribution >= 0.6 is 0 Å². The van der Waals surface area contributed by atoms with Crippen molar-refractivity contribution < 1.29 is 0 Å². The van der Waals surface area contributed by atoms with Crippen molar-refractivity contribution in [1.82, 2.24) is 24.7 Å². The number of rotatable bonds is 6. The molecule has 2 aromatic heterocycles. The first-order chi connectivity index (χ1) is 14.2. The Balaban J connectivity index is 1.66. The average Bonchev–Trinajstić information content (AvgIpc) is 3.28. The van der Waals surface area contributed by atoms with Crippen LogP contribution in [0.25, 0.3) is 10.9 Å². The van der Waals surface area contributed by atoms with Crippen molar-refractivity contribution in [3.05, 3.63) is 35.4 Å². The van der Waals surface area contributed by atoms with Crippen molar-refractivity contribution in [2.75, 3.05) is 23.8 Å². The largest absolute Gasteiger partial charge is 0.360 e. The lowest BCUT2D eigenvalue weighted by Gasteiger charge is -2.24. The number of nitrogens with one attached hydrogen (secondary N) is 1. The molecule has 0 amide bonds. The zero-order valence-electron chi connectivity index (χ0n) is 19.0. The molecular weight excluding hydrogens is 374 g/mol. The minimum atomic E-state index is 0.0106. The summed E-state index contributed by atoms with van der Waals surface area (Å²) in [6.45, 7) is 12.9. The summed E-state index contributed by atoms with van der Waals surface area (Å²) < 4.78 is 2.24. The molecular formula is C23H33N7. The number of hydrogen-bond donors (Lipinski definition) is 1. The van der Waals surface area contributed by atoms with Crippen LogP contribution in [0.15, 0.2) is 18.2 Å². The highest BCUT2D eigenvalue weighted by molar-refractivity contribution is 5.90. The molecule has 0 bridgehead atoms. The van der Waals surface area contributed by atoms with Gasteiger partial charge in [-0.1, -0.05) is 26.8 Å². The van der Waals surface area contributed by atoms with E-state index in [0.29, 0.717) is 0 Å². The van der Waals surface area contributed by atoms with Crippen molar-refractivity contribution >= 4 is 22.7 Å². The maximum Gasteiger partial charge on any atom is 0.227 e. The van der Waals surface area contributed by atoms with Gasteiger partial charge in [0.2, 0.25) is 5.95 Å². The van der Waals surface area contributed by atoms with Crippen molar-refractivity contribution in [3.63, 3.8) is 0 Å². The van der Waals surface area contributed by atoms with Gasteiger partial charge in [-0.25, -0.2) is 4.98 Å². The van der Waals surface area contributed by atoms with Crippen molar-refractivity contribution in [1.29, 1.82) is 0 Å². The number of nitrogens with zero attached hydrogens (tertiary/aromatic N) is 6. The first-order valence-electron chi connectivity index (χ1n) is 10.9. The first-order valence-corrected chi connectivity index (χ1v) is 10.9. The molecule has 1 aliphatic rings. The summed E-state index contributed by atoms with van der Waals surface area (Å²) in [6.07, 6.45) is 3.23. The highest BCUT2D eigenvalue weighted by Crippen LogP contribution is 2.29. The summed E-state index contributed by atoms with van der Waals surface area (Å²) in [6, 6.07) is 6.35. The van der Waals surface area contributed by atoms with Crippen molar-refractivity contribution in [2.45, 2.75) is 66.5 Å². The molecule has 1 unspecified atom stereocenters. The topological polar surface area (TPSA) is 71.8 Å². The zero-order valence-corrected chi connectivity index (χ0v) is 19.0. The second kappa shape index (κ2) is 7.85. The van der Waals surface area contributed by atoms with Gasteiger partial charge in [0.1, 0.15) is 11.6 Å². The molecule has 0 saturated carbocycles. The highest BCUT2D eigenvalue weighted by atomic mass is 15.3. The molecule has 3 aromatic rings. The Morgan fingerprint density at radius 3 is 2.77 bits per heavy atom. The van der Waals surface area contributed by atoms with E-state index in [1.807, 2.05) is 0 Å². The second-order valence-corrected chi connectivity index (χ2v) is 9.72. The van der Waals surface area contributed by atoms with Gasteiger partial charge in [0, 0.05) is 31.9 Å². The first kappa shape index (κ1) is 20.6. The molecule has 1 N–H and O–H groups in total. The SMILES string of the molecule is Cc1ccc2c(NC(C)c3nnc4n3CCC4)nc(N(C)CCC(C)(C)C)nc2c1. The van der Waals surface area contributed by atoms with E-state index in [0.717, 1.165) is 66.7 Å². The minimum Gasteiger partial charge on any atom is -0.360 e. The van der Waals surface area contributed by atoms with Crippen molar-refractivity contribution in [3.8, 4) is 0 Å². The lowest BCUT2D eigenvalue weighted by molar-refractivity contribution is 0.381. The Morgan fingerprint density at radius 1 is 1.20 bits per heavy atom. The Kier molecular flexibility index (Phi) is 5.38. The molecule has 7 nitrogen and oxygen atoms in total. The normalized spacial score (nSPS) is 14.7. The summed E-state index contributed by atoms with van der Waals surface area (Å²) >= 11 is 0. The van der Waals surface area contributed by atoms with Crippen LogP contribution in [-0.4, -0.2) is 38.3 Å². The molecule has 0 radical (unpaired) electrons. The average molecular weight is 408 g/mol. The van der Waals surface area contributed by atoms with Gasteiger partial charge in [-0.2, -0.15) is 4.98 Å². The minimum absolute atomic E-state index is 0.0106. The van der Waals surface area contributed by atoms with Gasteiger partial charge >= 0.3 is 0 Å². The predicted octanol–water partition coefficient (Wildman–Crippen LogP) is 4.52. The molecule has 7 heteroatoms. The van der Waals surface area contributed by atoms with E-state index in [1.54, 1.807) is 0 Å². The third kappa shape index (κ3) is 4.25. The van der Waals surface area contributed by atoms with Gasteiger partial charge in [0.25, 0.3) is 0 Å². The van der Waals surface area contributed by atoms with E-state index < -0.39 is 0 Å². The van der Waals surface area contributed by atoms with Gasteiger partial charge in [0.05, 0.1) is 11.6 Å². The molecule has 0 aliphatic carbocycles. The number of fused-ring (bicyclic) bond motifs is 2. The number of aryl methyl sites for hydroxylation is 2. The van der Waals surface area contributed by atoms with Gasteiger partial charge < -0.3 is 14.8 Å². The van der Waals surface area contributed by atoms with E-state index in [2.05, 4.69) is 84.8 Å². The Hall–Kier alpha value is -2.70. The Morgan fingerprint density at radius 2 is 2.00 bits per heavy atom. The number of hydrogen-bond acceptors (Lipinski definition) is 6. The third-order valence-electron chi connectivity index (χ3n) is 5.76. The van der Waals surface area contributed by atoms with Gasteiger partial charge in [0.15, 0.2) is 5.82 Å². The standard InChI is InChI=1S/C23H33N7/c1-15-9-10-17-18(14-15)25-22(29(6)13-11-23(3,4)5)26-20(17)24-16(2)21-28-27-19-8-7-12-30(19)21/h9-10,14,16H,7-8,11-13H2,1-6H3,(H,24,25,26). The Labute approximate surface area is 178 Å². The number of anilines is 2. The molecule has 4 rings (SSSR count). The van der Waals surface area contributed by atoms with E-state index in [-0.39, 0.29) is 11.5 Å². The van der Waals surface area contributed by atoms with Crippen LogP contribution in [0.5, 0.6) is 0 Å². The summed E-state index contributed by atoms with van der Waals surface area (Å²) in [5.41, 5.74) is 2.42. The summed E-state index contributed by atoms with van der Waals surface area (Å²) in [4.78, 5) is 11.9. The fourth-order valence-electron chi connectivity index (χ4n) is 3.87. The third-order valence-corrected chi connectivity index (χ3v) is 5.76. The molecule has 3 heterocycles. The molecule has 1 aromatic carbocycles. The van der Waals surface area contributed by atoms with E-state index in [4.69, 9.17) is 9.97 Å². The Bertz CT molecular complexity index is 1050. The molecule has 0 saturated heterocycles. The second-order valence-electron chi connectivity index (χ2n) is 9.72. The van der Waals surface area contributed by atoms with Crippen LogP contribution in [-0.2, 0) is 13.0 Å². The highest BCUT2D eigenvalue weighted by Gasteiger charge is 2.23. The maximum absolute atomic E-state index is 4.92. The lowest BCUT2D eigenvalue weighted by Crippen LogP contribution is -2.25. The zero-order chi connectivity index (χ0) is 21.5. The summed E-state index contributed by atoms with van der Waals surface area (Å²) in [5, 5.41) is 13.4. The van der Waals surface area contributed by atoms with E-state index in [9.17, 15) is 0 Å². The molecule has 0 fully saturated rings. The number of benzene rings is 1. The van der Waals surface area contributed by atoms with Crippen LogP contribution < -0.4 is 10.2 Å². The van der Waals surface area contributed by atoms with Gasteiger partial charge in [-0.15, -0.1) is 10.2 Å². The van der Waals surface area contributed by atoms with Crippen LogP contribution in [0.4, 0.5) is 11.8 Å². The smallest absolute Gasteiger partial charge is 0.227 e. The van der Waals surface area contributed by atoms with Crippen LogP contribution in [0.1, 0.15) is 63.8 Å². The lowest BCUT2D eigenvalue weighted by atomic mass is 9.92. The quantitative estimate of drug-likeness (QED) is 0.648. The van der Waals surface area contributed by atoms with E-state index in [1.165, 1.54) is 5.56 Å². The fraction of sp³-hybridized carbons (Fsp3) is 0.565. The summed E-state index contributed by atoms with van der Waals surface area (Å²) in [5.74, 6) is 3.66. The van der Waals surface area contributed by atoms with E-state index >= 15 is 0 Å². The van der Waals surface area contributed by atoms with Crippen LogP contribution in [0.3, 0.4) is 0 Å². The molecule has 0 spiro atoms. The number of aromatic nitrogens is 5. The van der Waals surface area contributed by atoms with Gasteiger partial charge in [-0.3, -0.25) is 0 Å². The molecule has 1 atom stereocenters. The monoisotopic (exact) mass is 407 g/mol.